The van der Waals surface area contributed by atoms with Gasteiger partial charge in [0.05, 0.1) is 17.6 Å². The van der Waals surface area contributed by atoms with Gasteiger partial charge in [0.15, 0.2) is 0 Å². The number of nitro groups is 1. The molecule has 0 radical (unpaired) electrons. The van der Waals surface area contributed by atoms with E-state index in [1.54, 1.807) is 6.07 Å². The molecule has 0 saturated heterocycles. The van der Waals surface area contributed by atoms with Gasteiger partial charge in [-0.2, -0.15) is 0 Å². The molecule has 0 heterocycles. The molecule has 2 atom stereocenters. The van der Waals surface area contributed by atoms with Gasteiger partial charge in [0.25, 0.3) is 5.69 Å². The summed E-state index contributed by atoms with van der Waals surface area (Å²) in [6, 6.07) is 5.32. The van der Waals surface area contributed by atoms with Gasteiger partial charge in [0, 0.05) is 23.9 Å². The molecule has 1 aliphatic carbocycles. The summed E-state index contributed by atoms with van der Waals surface area (Å²) in [5, 5.41) is 14.5. The lowest BCUT2D eigenvalue weighted by atomic mass is 10.0. The van der Waals surface area contributed by atoms with Gasteiger partial charge in [0.2, 0.25) is 0 Å². The SMILES string of the molecule is CCOc1cc(NC2CCCC(C)CC2)cc([N+](=O)[O-])c1. The Balaban J connectivity index is 2.12. The smallest absolute Gasteiger partial charge is 0.275 e. The Morgan fingerprint density at radius 3 is 2.81 bits per heavy atom. The van der Waals surface area contributed by atoms with Crippen LogP contribution in [0.15, 0.2) is 18.2 Å². The maximum Gasteiger partial charge on any atom is 0.275 e. The van der Waals surface area contributed by atoms with Crippen LogP contribution < -0.4 is 10.1 Å². The number of nitro benzene ring substituents is 1. The van der Waals surface area contributed by atoms with E-state index in [1.807, 2.05) is 13.0 Å². The van der Waals surface area contributed by atoms with Gasteiger partial charge in [-0.05, 0) is 32.1 Å². The fourth-order valence-corrected chi connectivity index (χ4v) is 2.89. The van der Waals surface area contributed by atoms with Gasteiger partial charge < -0.3 is 10.1 Å². The molecule has 1 saturated carbocycles. The predicted octanol–water partition coefficient (Wildman–Crippen LogP) is 4.37. The summed E-state index contributed by atoms with van der Waals surface area (Å²) >= 11 is 0. The summed E-state index contributed by atoms with van der Waals surface area (Å²) in [7, 11) is 0. The molecule has 1 aromatic rings. The summed E-state index contributed by atoms with van der Waals surface area (Å²) < 4.78 is 5.42. The Morgan fingerprint density at radius 1 is 1.29 bits per heavy atom. The molecule has 5 nitrogen and oxygen atoms in total. The summed E-state index contributed by atoms with van der Waals surface area (Å²) in [5.41, 5.74) is 0.859. The summed E-state index contributed by atoms with van der Waals surface area (Å²) in [5.74, 6) is 1.33. The van der Waals surface area contributed by atoms with Crippen molar-refractivity contribution >= 4 is 11.4 Å². The monoisotopic (exact) mass is 292 g/mol. The van der Waals surface area contributed by atoms with Crippen LogP contribution in [0.5, 0.6) is 5.75 Å². The van der Waals surface area contributed by atoms with Gasteiger partial charge in [-0.15, -0.1) is 0 Å². The van der Waals surface area contributed by atoms with Gasteiger partial charge in [0.1, 0.15) is 5.75 Å². The van der Waals surface area contributed by atoms with Crippen LogP contribution in [-0.4, -0.2) is 17.6 Å². The summed E-state index contributed by atoms with van der Waals surface area (Å²) in [6.45, 7) is 4.67. The van der Waals surface area contributed by atoms with Crippen molar-refractivity contribution in [3.8, 4) is 5.75 Å². The van der Waals surface area contributed by atoms with E-state index in [1.165, 1.54) is 25.3 Å². The first-order valence-corrected chi connectivity index (χ1v) is 7.77. The van der Waals surface area contributed by atoms with Crippen molar-refractivity contribution in [2.75, 3.05) is 11.9 Å². The maximum absolute atomic E-state index is 11.0. The van der Waals surface area contributed by atoms with Crippen LogP contribution in [0.3, 0.4) is 0 Å². The van der Waals surface area contributed by atoms with E-state index in [-0.39, 0.29) is 10.6 Å². The molecule has 0 aliphatic heterocycles. The number of hydrogen-bond donors (Lipinski definition) is 1. The normalized spacial score (nSPS) is 22.4. The number of hydrogen-bond acceptors (Lipinski definition) is 4. The molecule has 21 heavy (non-hydrogen) atoms. The van der Waals surface area contributed by atoms with Crippen molar-refractivity contribution in [2.45, 2.75) is 52.0 Å². The fourth-order valence-electron chi connectivity index (χ4n) is 2.89. The molecule has 1 aromatic carbocycles. The molecule has 116 valence electrons. The number of ether oxygens (including phenoxy) is 1. The zero-order chi connectivity index (χ0) is 15.2. The molecule has 1 fully saturated rings. The first-order valence-electron chi connectivity index (χ1n) is 7.77. The molecule has 1 aliphatic rings. The largest absolute Gasteiger partial charge is 0.494 e. The fraction of sp³-hybridized carbons (Fsp3) is 0.625. The van der Waals surface area contributed by atoms with E-state index in [4.69, 9.17) is 4.74 Å². The summed E-state index contributed by atoms with van der Waals surface area (Å²) in [6.07, 6.45) is 5.94. The van der Waals surface area contributed by atoms with E-state index in [9.17, 15) is 10.1 Å². The predicted molar refractivity (Wildman–Crippen MR) is 83.9 cm³/mol. The number of anilines is 1. The van der Waals surface area contributed by atoms with E-state index in [0.29, 0.717) is 18.4 Å². The second-order valence-corrected chi connectivity index (χ2v) is 5.86. The second-order valence-electron chi connectivity index (χ2n) is 5.86. The maximum atomic E-state index is 11.0. The van der Waals surface area contributed by atoms with Crippen LogP contribution in [0.25, 0.3) is 0 Å². The number of non-ortho nitro benzene ring substituents is 1. The molecule has 2 rings (SSSR count). The molecule has 5 heteroatoms. The molecule has 0 aromatic heterocycles. The number of nitrogens with zero attached hydrogens (tertiary/aromatic N) is 1. The van der Waals surface area contributed by atoms with Gasteiger partial charge in [-0.3, -0.25) is 10.1 Å². The van der Waals surface area contributed by atoms with Gasteiger partial charge >= 0.3 is 0 Å². The van der Waals surface area contributed by atoms with E-state index < -0.39 is 0 Å². The van der Waals surface area contributed by atoms with Crippen molar-refractivity contribution in [2.24, 2.45) is 5.92 Å². The standard InChI is InChI=1S/C16H24N2O3/c1-3-21-16-10-14(9-15(11-16)18(19)20)17-13-6-4-5-12(2)7-8-13/h9-13,17H,3-8H2,1-2H3. The van der Waals surface area contributed by atoms with Crippen LogP contribution >= 0.6 is 0 Å². The van der Waals surface area contributed by atoms with Gasteiger partial charge in [-0.1, -0.05) is 19.8 Å². The second kappa shape index (κ2) is 7.29. The first kappa shape index (κ1) is 15.6. The lowest BCUT2D eigenvalue weighted by Gasteiger charge is -2.18. The van der Waals surface area contributed by atoms with Crippen molar-refractivity contribution in [3.63, 3.8) is 0 Å². The van der Waals surface area contributed by atoms with Crippen LogP contribution in [0, 0.1) is 16.0 Å². The highest BCUT2D eigenvalue weighted by Gasteiger charge is 2.17. The van der Waals surface area contributed by atoms with Crippen LogP contribution in [0.4, 0.5) is 11.4 Å². The van der Waals surface area contributed by atoms with Crippen LogP contribution in [0.1, 0.15) is 46.0 Å². The zero-order valence-electron chi connectivity index (χ0n) is 12.8. The zero-order valence-corrected chi connectivity index (χ0v) is 12.8. The van der Waals surface area contributed by atoms with Crippen molar-refractivity contribution in [3.05, 3.63) is 28.3 Å². The lowest BCUT2D eigenvalue weighted by molar-refractivity contribution is -0.384. The van der Waals surface area contributed by atoms with Crippen molar-refractivity contribution in [1.82, 2.24) is 0 Å². The number of rotatable bonds is 5. The topological polar surface area (TPSA) is 64.4 Å². The average Bonchev–Trinajstić information content (AvgIpc) is 2.64. The van der Waals surface area contributed by atoms with E-state index >= 15 is 0 Å². The Bertz CT molecular complexity index is 490. The Kier molecular flexibility index (Phi) is 5.42. The third kappa shape index (κ3) is 4.62. The van der Waals surface area contributed by atoms with Crippen molar-refractivity contribution < 1.29 is 9.66 Å². The Morgan fingerprint density at radius 2 is 2.10 bits per heavy atom. The molecular formula is C16H24N2O3. The lowest BCUT2D eigenvalue weighted by Crippen LogP contribution is -2.18. The average molecular weight is 292 g/mol. The third-order valence-corrected chi connectivity index (χ3v) is 4.04. The minimum absolute atomic E-state index is 0.0745. The molecule has 0 bridgehead atoms. The van der Waals surface area contributed by atoms with Crippen molar-refractivity contribution in [1.29, 1.82) is 0 Å². The highest BCUT2D eigenvalue weighted by Crippen LogP contribution is 2.29. The van der Waals surface area contributed by atoms with Crippen LogP contribution in [0.2, 0.25) is 0 Å². The van der Waals surface area contributed by atoms with Crippen LogP contribution in [-0.2, 0) is 0 Å². The quantitative estimate of drug-likeness (QED) is 0.497. The molecule has 0 spiro atoms. The van der Waals surface area contributed by atoms with E-state index in [0.717, 1.165) is 24.4 Å². The highest BCUT2D eigenvalue weighted by molar-refractivity contribution is 5.56. The molecule has 1 N–H and O–H groups in total. The molecule has 0 amide bonds. The molecular weight excluding hydrogens is 268 g/mol. The minimum Gasteiger partial charge on any atom is -0.494 e. The highest BCUT2D eigenvalue weighted by atomic mass is 16.6. The summed E-state index contributed by atoms with van der Waals surface area (Å²) in [4.78, 5) is 10.6. The number of nitrogens with one attached hydrogen (secondary N) is 1. The first-order chi connectivity index (χ1) is 10.1. The van der Waals surface area contributed by atoms with Gasteiger partial charge in [-0.25, -0.2) is 0 Å². The number of benzene rings is 1. The minimum atomic E-state index is -0.372. The van der Waals surface area contributed by atoms with E-state index in [2.05, 4.69) is 12.2 Å². The third-order valence-electron chi connectivity index (χ3n) is 4.04. The molecule has 2 unspecified atom stereocenters. The Hall–Kier alpha value is -1.78. The Labute approximate surface area is 125 Å².